The van der Waals surface area contributed by atoms with Crippen LogP contribution in [0.3, 0.4) is 0 Å². The van der Waals surface area contributed by atoms with Gasteiger partial charge in [-0.1, -0.05) is 12.1 Å². The number of nitrogens with zero attached hydrogens (tertiary/aromatic N) is 1. The second-order valence-electron chi connectivity index (χ2n) is 4.40. The fourth-order valence-corrected chi connectivity index (χ4v) is 1.67. The zero-order valence-corrected chi connectivity index (χ0v) is 9.40. The Morgan fingerprint density at radius 3 is 2.94 bits per heavy atom. The normalized spacial score (nSPS) is 22.4. The van der Waals surface area contributed by atoms with E-state index in [1.54, 1.807) is 0 Å². The molecule has 17 heavy (non-hydrogen) atoms. The van der Waals surface area contributed by atoms with Gasteiger partial charge in [-0.25, -0.2) is 0 Å². The highest BCUT2D eigenvalue weighted by molar-refractivity contribution is 5.86. The zero-order valence-electron chi connectivity index (χ0n) is 9.40. The summed E-state index contributed by atoms with van der Waals surface area (Å²) in [5.41, 5.74) is 0.464. The Morgan fingerprint density at radius 2 is 2.24 bits per heavy atom. The van der Waals surface area contributed by atoms with Crippen molar-refractivity contribution in [1.82, 2.24) is 0 Å². The van der Waals surface area contributed by atoms with E-state index in [9.17, 15) is 0 Å². The minimum absolute atomic E-state index is 0.203. The van der Waals surface area contributed by atoms with Crippen LogP contribution in [-0.4, -0.2) is 18.8 Å². The molecule has 1 aliphatic rings. The molecule has 0 spiro atoms. The van der Waals surface area contributed by atoms with Gasteiger partial charge in [-0.2, -0.15) is 5.26 Å². The van der Waals surface area contributed by atoms with Crippen LogP contribution in [0.25, 0.3) is 11.0 Å². The van der Waals surface area contributed by atoms with E-state index in [-0.39, 0.29) is 11.4 Å². The molecule has 0 N–H and O–H groups in total. The summed E-state index contributed by atoms with van der Waals surface area (Å²) in [5.74, 6) is 0.732. The molecule has 1 unspecified atom stereocenters. The van der Waals surface area contributed by atoms with Crippen molar-refractivity contribution in [2.45, 2.75) is 12.5 Å². The van der Waals surface area contributed by atoms with Gasteiger partial charge >= 0.3 is 0 Å². The van der Waals surface area contributed by atoms with E-state index in [1.807, 2.05) is 37.3 Å². The molecule has 0 amide bonds. The highest BCUT2D eigenvalue weighted by atomic mass is 16.6. The minimum Gasteiger partial charge on any atom is -0.485 e. The molecule has 2 heterocycles. The summed E-state index contributed by atoms with van der Waals surface area (Å²) < 4.78 is 16.3. The molecule has 0 aliphatic carbocycles. The first kappa shape index (κ1) is 10.2. The van der Waals surface area contributed by atoms with Crippen LogP contribution in [-0.2, 0) is 4.74 Å². The molecule has 4 nitrogen and oxygen atoms in total. The lowest BCUT2D eigenvalue weighted by atomic mass is 10.2. The molecule has 1 saturated heterocycles. The number of ether oxygens (including phenoxy) is 2. The van der Waals surface area contributed by atoms with Gasteiger partial charge in [-0.15, -0.1) is 0 Å². The molecule has 0 bridgehead atoms. The van der Waals surface area contributed by atoms with Gasteiger partial charge in [0.1, 0.15) is 23.9 Å². The fourth-order valence-electron chi connectivity index (χ4n) is 1.67. The van der Waals surface area contributed by atoms with Crippen molar-refractivity contribution >= 4 is 11.0 Å². The van der Waals surface area contributed by atoms with Crippen molar-refractivity contribution in [2.75, 3.05) is 13.2 Å². The second kappa shape index (κ2) is 3.51. The average Bonchev–Trinajstić information content (AvgIpc) is 2.97. The molecule has 1 atom stereocenters. The van der Waals surface area contributed by atoms with Crippen LogP contribution in [0.5, 0.6) is 5.75 Å². The van der Waals surface area contributed by atoms with Crippen LogP contribution < -0.4 is 4.74 Å². The van der Waals surface area contributed by atoms with Gasteiger partial charge < -0.3 is 13.9 Å². The first-order valence-corrected chi connectivity index (χ1v) is 5.40. The minimum atomic E-state index is -0.203. The molecule has 0 saturated carbocycles. The first-order valence-electron chi connectivity index (χ1n) is 5.40. The number of nitriles is 1. The number of hydrogen-bond donors (Lipinski definition) is 0. The van der Waals surface area contributed by atoms with Crippen LogP contribution in [0, 0.1) is 11.3 Å². The van der Waals surface area contributed by atoms with E-state index in [2.05, 4.69) is 0 Å². The monoisotopic (exact) mass is 229 g/mol. The van der Waals surface area contributed by atoms with Gasteiger partial charge in [0.2, 0.25) is 5.76 Å². The number of hydrogen-bond acceptors (Lipinski definition) is 4. The van der Waals surface area contributed by atoms with Gasteiger partial charge in [0.25, 0.3) is 0 Å². The lowest BCUT2D eigenvalue weighted by Crippen LogP contribution is -2.17. The van der Waals surface area contributed by atoms with Gasteiger partial charge in [0.05, 0.1) is 12.0 Å². The lowest BCUT2D eigenvalue weighted by Gasteiger charge is -2.07. The van der Waals surface area contributed by atoms with Crippen LogP contribution in [0.15, 0.2) is 28.7 Å². The smallest absolute Gasteiger partial charge is 0.246 e. The Labute approximate surface area is 98.3 Å². The van der Waals surface area contributed by atoms with Gasteiger partial charge in [-0.3, -0.25) is 0 Å². The summed E-state index contributed by atoms with van der Waals surface area (Å²) in [6.45, 7) is 3.11. The van der Waals surface area contributed by atoms with Crippen molar-refractivity contribution < 1.29 is 13.9 Å². The number of epoxide rings is 1. The number of benzene rings is 1. The lowest BCUT2D eigenvalue weighted by molar-refractivity contribution is 0.202. The molecule has 1 fully saturated rings. The van der Waals surface area contributed by atoms with Crippen LogP contribution in [0.1, 0.15) is 12.7 Å². The van der Waals surface area contributed by atoms with Crippen molar-refractivity contribution in [1.29, 1.82) is 5.26 Å². The van der Waals surface area contributed by atoms with Crippen LogP contribution in [0.2, 0.25) is 0 Å². The van der Waals surface area contributed by atoms with Gasteiger partial charge in [0.15, 0.2) is 5.75 Å². The SMILES string of the molecule is CC1(COc2c(C#N)oc3ccccc23)CO1. The Morgan fingerprint density at radius 1 is 1.47 bits per heavy atom. The van der Waals surface area contributed by atoms with Gasteiger partial charge in [0, 0.05) is 0 Å². The van der Waals surface area contributed by atoms with E-state index in [0.29, 0.717) is 24.5 Å². The Bertz CT molecular complexity index is 605. The maximum Gasteiger partial charge on any atom is 0.246 e. The van der Waals surface area contributed by atoms with Crippen LogP contribution >= 0.6 is 0 Å². The summed E-state index contributed by atoms with van der Waals surface area (Å²) in [6.07, 6.45) is 0. The van der Waals surface area contributed by atoms with E-state index in [0.717, 1.165) is 5.39 Å². The number of fused-ring (bicyclic) bond motifs is 1. The van der Waals surface area contributed by atoms with Crippen molar-refractivity contribution in [3.05, 3.63) is 30.0 Å². The molecule has 86 valence electrons. The predicted molar refractivity (Wildman–Crippen MR) is 60.8 cm³/mol. The molecular formula is C13H11NO3. The van der Waals surface area contributed by atoms with Crippen molar-refractivity contribution in [2.24, 2.45) is 0 Å². The molecule has 3 rings (SSSR count). The summed E-state index contributed by atoms with van der Waals surface area (Å²) in [5, 5.41) is 9.84. The Balaban J connectivity index is 1.98. The molecule has 0 radical (unpaired) electrons. The van der Waals surface area contributed by atoms with Crippen molar-refractivity contribution in [3.63, 3.8) is 0 Å². The second-order valence-corrected chi connectivity index (χ2v) is 4.40. The quantitative estimate of drug-likeness (QED) is 0.758. The topological polar surface area (TPSA) is 58.7 Å². The summed E-state index contributed by atoms with van der Waals surface area (Å²) in [6, 6.07) is 9.46. The van der Waals surface area contributed by atoms with E-state index in [1.165, 1.54) is 0 Å². The molecule has 4 heteroatoms. The molecule has 1 aliphatic heterocycles. The number of furan rings is 1. The standard InChI is InChI=1S/C13H11NO3/c1-13(8-16-13)7-15-12-9-4-2-3-5-10(9)17-11(12)6-14/h2-5H,7-8H2,1H3. The summed E-state index contributed by atoms with van der Waals surface area (Å²) in [7, 11) is 0. The highest BCUT2D eigenvalue weighted by Gasteiger charge is 2.40. The predicted octanol–water partition coefficient (Wildman–Crippen LogP) is 2.47. The Kier molecular flexibility index (Phi) is 2.10. The highest BCUT2D eigenvalue weighted by Crippen LogP contribution is 2.34. The van der Waals surface area contributed by atoms with Gasteiger partial charge in [-0.05, 0) is 19.1 Å². The average molecular weight is 229 g/mol. The zero-order chi connectivity index (χ0) is 11.9. The fraction of sp³-hybridized carbons (Fsp3) is 0.308. The molecular weight excluding hydrogens is 218 g/mol. The Hall–Kier alpha value is -1.99. The summed E-state index contributed by atoms with van der Waals surface area (Å²) >= 11 is 0. The maximum atomic E-state index is 9.01. The molecule has 1 aromatic carbocycles. The summed E-state index contributed by atoms with van der Waals surface area (Å²) in [4.78, 5) is 0. The molecule has 2 aromatic rings. The number of rotatable bonds is 3. The number of para-hydroxylation sites is 1. The molecule has 1 aromatic heterocycles. The van der Waals surface area contributed by atoms with E-state index >= 15 is 0 Å². The third-order valence-electron chi connectivity index (χ3n) is 2.81. The van der Waals surface area contributed by atoms with Crippen molar-refractivity contribution in [3.8, 4) is 11.8 Å². The van der Waals surface area contributed by atoms with E-state index < -0.39 is 0 Å². The third-order valence-corrected chi connectivity index (χ3v) is 2.81. The first-order chi connectivity index (χ1) is 8.22. The largest absolute Gasteiger partial charge is 0.485 e. The maximum absolute atomic E-state index is 9.01. The third kappa shape index (κ3) is 1.75. The van der Waals surface area contributed by atoms with Crippen LogP contribution in [0.4, 0.5) is 0 Å². The van der Waals surface area contributed by atoms with E-state index in [4.69, 9.17) is 19.2 Å².